The molecule has 1 heterocycles. The molecule has 0 aliphatic carbocycles. The van der Waals surface area contributed by atoms with Gasteiger partial charge in [-0.1, -0.05) is 17.7 Å². The maximum Gasteiger partial charge on any atom is 0.260 e. The third kappa shape index (κ3) is 2.58. The highest BCUT2D eigenvalue weighted by atomic mass is 35.5. The lowest BCUT2D eigenvalue weighted by atomic mass is 10.1. The molecule has 0 bridgehead atoms. The van der Waals surface area contributed by atoms with Crippen LogP contribution in [0.3, 0.4) is 0 Å². The van der Waals surface area contributed by atoms with E-state index in [2.05, 4.69) is 5.32 Å². The lowest BCUT2D eigenvalue weighted by molar-refractivity contribution is 0.0850. The molecule has 5 heteroatoms. The van der Waals surface area contributed by atoms with Gasteiger partial charge in [0.25, 0.3) is 5.91 Å². The predicted molar refractivity (Wildman–Crippen MR) is 72.3 cm³/mol. The van der Waals surface area contributed by atoms with Gasteiger partial charge in [0.2, 0.25) is 0 Å². The highest BCUT2D eigenvalue weighted by molar-refractivity contribution is 7.80. The minimum absolute atomic E-state index is 0.115. The second kappa shape index (κ2) is 4.27. The van der Waals surface area contributed by atoms with Crippen LogP contribution in [0.1, 0.15) is 24.2 Å². The molecule has 2 rings (SSSR count). The number of halogens is 1. The zero-order valence-electron chi connectivity index (χ0n) is 9.66. The number of nitrogens with one attached hydrogen (secondary N) is 1. The molecular formula is C12H13ClN2OS. The van der Waals surface area contributed by atoms with E-state index in [1.54, 1.807) is 29.2 Å². The summed E-state index contributed by atoms with van der Waals surface area (Å²) in [6, 6.07) is 6.88. The standard InChI is InChI=1S/C12H13ClN2OS/c1-12(2)7-15(11(17)14-12)10(16)8-4-3-5-9(13)6-8/h3-6H,7H2,1-2H3,(H,14,17). The van der Waals surface area contributed by atoms with Gasteiger partial charge >= 0.3 is 0 Å². The van der Waals surface area contributed by atoms with Crippen molar-refractivity contribution in [1.29, 1.82) is 0 Å². The fraction of sp³-hybridized carbons (Fsp3) is 0.333. The van der Waals surface area contributed by atoms with Crippen molar-refractivity contribution in [2.45, 2.75) is 19.4 Å². The molecular weight excluding hydrogens is 256 g/mol. The molecule has 1 N–H and O–H groups in total. The first-order valence-corrected chi connectivity index (χ1v) is 6.07. The van der Waals surface area contributed by atoms with Crippen molar-refractivity contribution in [3.05, 3.63) is 34.9 Å². The molecule has 0 unspecified atom stereocenters. The number of hydrogen-bond acceptors (Lipinski definition) is 2. The van der Waals surface area contributed by atoms with Gasteiger partial charge in [0.15, 0.2) is 5.11 Å². The van der Waals surface area contributed by atoms with Gasteiger partial charge in [0, 0.05) is 10.6 Å². The van der Waals surface area contributed by atoms with Gasteiger partial charge in [0.05, 0.1) is 12.1 Å². The van der Waals surface area contributed by atoms with Crippen LogP contribution in [-0.2, 0) is 0 Å². The van der Waals surface area contributed by atoms with E-state index in [1.165, 1.54) is 0 Å². The maximum absolute atomic E-state index is 12.2. The minimum atomic E-state index is -0.175. The lowest BCUT2D eigenvalue weighted by Crippen LogP contribution is -2.36. The number of hydrogen-bond donors (Lipinski definition) is 1. The van der Waals surface area contributed by atoms with Crippen molar-refractivity contribution in [2.24, 2.45) is 0 Å². The number of rotatable bonds is 1. The molecule has 3 nitrogen and oxygen atoms in total. The van der Waals surface area contributed by atoms with Crippen LogP contribution in [0.15, 0.2) is 24.3 Å². The Hall–Kier alpha value is -1.13. The van der Waals surface area contributed by atoms with Crippen LogP contribution in [0.5, 0.6) is 0 Å². The van der Waals surface area contributed by atoms with E-state index in [0.717, 1.165) is 0 Å². The van der Waals surface area contributed by atoms with E-state index in [9.17, 15) is 4.79 Å². The van der Waals surface area contributed by atoms with Crippen molar-refractivity contribution in [2.75, 3.05) is 6.54 Å². The van der Waals surface area contributed by atoms with Gasteiger partial charge in [-0.25, -0.2) is 0 Å². The fourth-order valence-corrected chi connectivity index (χ4v) is 2.42. The molecule has 0 spiro atoms. The molecule has 90 valence electrons. The zero-order chi connectivity index (χ0) is 12.6. The van der Waals surface area contributed by atoms with Gasteiger partial charge in [-0.2, -0.15) is 0 Å². The SMILES string of the molecule is CC1(C)CN(C(=O)c2cccc(Cl)c2)C(=S)N1. The van der Waals surface area contributed by atoms with E-state index in [0.29, 0.717) is 22.2 Å². The largest absolute Gasteiger partial charge is 0.356 e. The van der Waals surface area contributed by atoms with Gasteiger partial charge in [-0.05, 0) is 44.3 Å². The first kappa shape index (κ1) is 12.3. The summed E-state index contributed by atoms with van der Waals surface area (Å²) < 4.78 is 0. The lowest BCUT2D eigenvalue weighted by Gasteiger charge is -2.17. The molecule has 1 saturated heterocycles. The van der Waals surface area contributed by atoms with Gasteiger partial charge in [-0.15, -0.1) is 0 Å². The topological polar surface area (TPSA) is 32.3 Å². The average Bonchev–Trinajstić information content (AvgIpc) is 2.51. The number of nitrogens with zero attached hydrogens (tertiary/aromatic N) is 1. The molecule has 1 aromatic carbocycles. The normalized spacial score (nSPS) is 18.1. The molecule has 1 aromatic rings. The molecule has 17 heavy (non-hydrogen) atoms. The number of thiocarbonyl (C=S) groups is 1. The van der Waals surface area contributed by atoms with Crippen LogP contribution in [0.25, 0.3) is 0 Å². The Labute approximate surface area is 111 Å². The van der Waals surface area contributed by atoms with E-state index in [1.807, 2.05) is 13.8 Å². The maximum atomic E-state index is 12.2. The Morgan fingerprint density at radius 1 is 1.53 bits per heavy atom. The van der Waals surface area contributed by atoms with E-state index in [-0.39, 0.29) is 11.4 Å². The highest BCUT2D eigenvalue weighted by Crippen LogP contribution is 2.19. The second-order valence-corrected chi connectivity index (χ2v) is 5.54. The summed E-state index contributed by atoms with van der Waals surface area (Å²) in [6.45, 7) is 4.58. The van der Waals surface area contributed by atoms with E-state index < -0.39 is 0 Å². The summed E-state index contributed by atoms with van der Waals surface area (Å²) >= 11 is 11.0. The van der Waals surface area contributed by atoms with E-state index >= 15 is 0 Å². The Morgan fingerprint density at radius 3 is 2.76 bits per heavy atom. The van der Waals surface area contributed by atoms with Crippen molar-refractivity contribution in [1.82, 2.24) is 10.2 Å². The fourth-order valence-electron chi connectivity index (χ4n) is 1.80. The van der Waals surface area contributed by atoms with Crippen molar-refractivity contribution < 1.29 is 4.79 Å². The van der Waals surface area contributed by atoms with Crippen LogP contribution in [0, 0.1) is 0 Å². The monoisotopic (exact) mass is 268 g/mol. The molecule has 0 saturated carbocycles. The van der Waals surface area contributed by atoms with Crippen LogP contribution in [0.4, 0.5) is 0 Å². The summed E-state index contributed by atoms with van der Waals surface area (Å²) in [7, 11) is 0. The number of carbonyl (C=O) groups excluding carboxylic acids is 1. The Bertz CT molecular complexity index is 487. The zero-order valence-corrected chi connectivity index (χ0v) is 11.2. The van der Waals surface area contributed by atoms with Gasteiger partial charge < -0.3 is 5.32 Å². The molecule has 0 aromatic heterocycles. The predicted octanol–water partition coefficient (Wildman–Crippen LogP) is 2.45. The molecule has 0 atom stereocenters. The Morgan fingerprint density at radius 2 is 2.24 bits per heavy atom. The second-order valence-electron chi connectivity index (χ2n) is 4.72. The van der Waals surface area contributed by atoms with Crippen molar-refractivity contribution in [3.8, 4) is 0 Å². The summed E-state index contributed by atoms with van der Waals surface area (Å²) in [5, 5.41) is 4.13. The quantitative estimate of drug-likeness (QED) is 0.794. The number of benzene rings is 1. The first-order chi connectivity index (χ1) is 7.89. The summed E-state index contributed by atoms with van der Waals surface area (Å²) in [5.41, 5.74) is 0.380. The third-order valence-corrected chi connectivity index (χ3v) is 3.12. The molecule has 1 fully saturated rings. The van der Waals surface area contributed by atoms with Crippen LogP contribution >= 0.6 is 23.8 Å². The molecule has 0 radical (unpaired) electrons. The molecule has 1 amide bonds. The van der Waals surface area contributed by atoms with Crippen LogP contribution in [-0.4, -0.2) is 28.0 Å². The Kier molecular flexibility index (Phi) is 3.10. The summed E-state index contributed by atoms with van der Waals surface area (Å²) in [6.07, 6.45) is 0. The molecule has 1 aliphatic rings. The smallest absolute Gasteiger partial charge is 0.260 e. The van der Waals surface area contributed by atoms with Crippen LogP contribution in [0.2, 0.25) is 5.02 Å². The summed E-state index contributed by atoms with van der Waals surface area (Å²) in [4.78, 5) is 13.8. The van der Waals surface area contributed by atoms with Crippen LogP contribution < -0.4 is 5.32 Å². The highest BCUT2D eigenvalue weighted by Gasteiger charge is 2.36. The average molecular weight is 269 g/mol. The molecule has 1 aliphatic heterocycles. The van der Waals surface area contributed by atoms with Crippen molar-refractivity contribution >= 4 is 34.8 Å². The van der Waals surface area contributed by atoms with Crippen molar-refractivity contribution in [3.63, 3.8) is 0 Å². The van der Waals surface area contributed by atoms with Gasteiger partial charge in [0.1, 0.15) is 0 Å². The minimum Gasteiger partial charge on any atom is -0.356 e. The van der Waals surface area contributed by atoms with Gasteiger partial charge in [-0.3, -0.25) is 9.69 Å². The third-order valence-electron chi connectivity index (χ3n) is 2.56. The summed E-state index contributed by atoms with van der Waals surface area (Å²) in [5.74, 6) is -0.115. The number of amides is 1. The first-order valence-electron chi connectivity index (χ1n) is 5.29. The number of carbonyl (C=O) groups is 1. The van der Waals surface area contributed by atoms with E-state index in [4.69, 9.17) is 23.8 Å². The Balaban J connectivity index is 2.25.